The number of likely N-dealkylation sites (N-methyl/N-ethyl adjacent to an activating group) is 1. The number of H-pyrrole nitrogens is 1. The lowest BCUT2D eigenvalue weighted by Gasteiger charge is -2.04. The molecule has 0 saturated heterocycles. The standard InChI is InChI=1S/C9H15N3/c1-12(2)7-6-10-8-9-4-3-5-11-9/h3-5,8,11H,6-7H2,1-2H3. The molecule has 0 atom stereocenters. The molecule has 1 rings (SSSR count). The zero-order valence-corrected chi connectivity index (χ0v) is 7.62. The Balaban J connectivity index is 2.23. The zero-order valence-electron chi connectivity index (χ0n) is 7.62. The quantitative estimate of drug-likeness (QED) is 0.663. The second kappa shape index (κ2) is 4.72. The summed E-state index contributed by atoms with van der Waals surface area (Å²) in [5, 5.41) is 0. The normalized spacial score (nSPS) is 11.6. The average molecular weight is 165 g/mol. The molecule has 0 radical (unpaired) electrons. The van der Waals surface area contributed by atoms with Crippen LogP contribution in [-0.2, 0) is 0 Å². The first-order valence-electron chi connectivity index (χ1n) is 4.07. The van der Waals surface area contributed by atoms with E-state index in [1.165, 1.54) is 0 Å². The van der Waals surface area contributed by atoms with E-state index in [-0.39, 0.29) is 0 Å². The number of hydrogen-bond donors (Lipinski definition) is 1. The third-order valence-electron chi connectivity index (χ3n) is 1.53. The minimum absolute atomic E-state index is 0.853. The van der Waals surface area contributed by atoms with Gasteiger partial charge in [0.2, 0.25) is 0 Å². The van der Waals surface area contributed by atoms with Crippen LogP contribution >= 0.6 is 0 Å². The van der Waals surface area contributed by atoms with Crippen LogP contribution in [0.3, 0.4) is 0 Å². The van der Waals surface area contributed by atoms with Gasteiger partial charge < -0.3 is 9.88 Å². The van der Waals surface area contributed by atoms with Crippen molar-refractivity contribution in [3.8, 4) is 0 Å². The maximum Gasteiger partial charge on any atom is 0.0561 e. The van der Waals surface area contributed by atoms with Crippen molar-refractivity contribution < 1.29 is 0 Å². The van der Waals surface area contributed by atoms with Crippen molar-refractivity contribution in [3.05, 3.63) is 24.0 Å². The van der Waals surface area contributed by atoms with E-state index in [0.29, 0.717) is 0 Å². The number of hydrogen-bond acceptors (Lipinski definition) is 2. The molecule has 0 spiro atoms. The zero-order chi connectivity index (χ0) is 8.81. The highest BCUT2D eigenvalue weighted by Gasteiger charge is 1.87. The van der Waals surface area contributed by atoms with Gasteiger partial charge >= 0.3 is 0 Å². The molecule has 0 fully saturated rings. The van der Waals surface area contributed by atoms with Crippen molar-refractivity contribution in [1.82, 2.24) is 9.88 Å². The van der Waals surface area contributed by atoms with Crippen LogP contribution in [0.25, 0.3) is 0 Å². The topological polar surface area (TPSA) is 31.4 Å². The minimum atomic E-state index is 0.853. The van der Waals surface area contributed by atoms with Gasteiger partial charge in [-0.05, 0) is 26.2 Å². The van der Waals surface area contributed by atoms with Gasteiger partial charge in [0.15, 0.2) is 0 Å². The van der Waals surface area contributed by atoms with Gasteiger partial charge in [0, 0.05) is 19.0 Å². The minimum Gasteiger partial charge on any atom is -0.360 e. The number of aromatic amines is 1. The van der Waals surface area contributed by atoms with Crippen molar-refractivity contribution in [1.29, 1.82) is 0 Å². The molecule has 12 heavy (non-hydrogen) atoms. The lowest BCUT2D eigenvalue weighted by Crippen LogP contribution is -2.15. The number of nitrogens with one attached hydrogen (secondary N) is 1. The first-order chi connectivity index (χ1) is 5.79. The number of aromatic nitrogens is 1. The first kappa shape index (κ1) is 9.00. The Morgan fingerprint density at radius 3 is 3.00 bits per heavy atom. The highest BCUT2D eigenvalue weighted by molar-refractivity contribution is 5.76. The van der Waals surface area contributed by atoms with Crippen LogP contribution in [0.5, 0.6) is 0 Å². The summed E-state index contributed by atoms with van der Waals surface area (Å²) >= 11 is 0. The van der Waals surface area contributed by atoms with Crippen LogP contribution in [0.15, 0.2) is 23.3 Å². The van der Waals surface area contributed by atoms with Gasteiger partial charge in [-0.25, -0.2) is 0 Å². The number of rotatable bonds is 4. The van der Waals surface area contributed by atoms with E-state index in [9.17, 15) is 0 Å². The Labute approximate surface area is 73.1 Å². The second-order valence-corrected chi connectivity index (χ2v) is 2.96. The Hall–Kier alpha value is -1.09. The van der Waals surface area contributed by atoms with Gasteiger partial charge in [-0.15, -0.1) is 0 Å². The van der Waals surface area contributed by atoms with Gasteiger partial charge in [-0.2, -0.15) is 0 Å². The number of nitrogens with zero attached hydrogens (tertiary/aromatic N) is 2. The van der Waals surface area contributed by atoms with Crippen LogP contribution in [-0.4, -0.2) is 43.3 Å². The predicted octanol–water partition coefficient (Wildman–Crippen LogP) is 0.995. The molecule has 0 unspecified atom stereocenters. The maximum atomic E-state index is 4.26. The van der Waals surface area contributed by atoms with Gasteiger partial charge in [0.25, 0.3) is 0 Å². The molecule has 0 amide bonds. The highest BCUT2D eigenvalue weighted by atomic mass is 15.1. The van der Waals surface area contributed by atoms with Crippen LogP contribution in [0.2, 0.25) is 0 Å². The fourth-order valence-corrected chi connectivity index (χ4v) is 0.845. The Morgan fingerprint density at radius 1 is 1.58 bits per heavy atom. The first-order valence-corrected chi connectivity index (χ1v) is 4.07. The smallest absolute Gasteiger partial charge is 0.0561 e. The molecule has 1 aromatic heterocycles. The molecular formula is C9H15N3. The number of aliphatic imine (C=N–C) groups is 1. The van der Waals surface area contributed by atoms with E-state index in [0.717, 1.165) is 18.8 Å². The van der Waals surface area contributed by atoms with E-state index in [4.69, 9.17) is 0 Å². The van der Waals surface area contributed by atoms with Crippen molar-refractivity contribution >= 4 is 6.21 Å². The van der Waals surface area contributed by atoms with E-state index >= 15 is 0 Å². The summed E-state index contributed by atoms with van der Waals surface area (Å²) in [7, 11) is 4.09. The lowest BCUT2D eigenvalue weighted by atomic mass is 10.5. The summed E-state index contributed by atoms with van der Waals surface area (Å²) < 4.78 is 0. The van der Waals surface area contributed by atoms with Crippen molar-refractivity contribution in [3.63, 3.8) is 0 Å². The summed E-state index contributed by atoms with van der Waals surface area (Å²) in [5.41, 5.74) is 1.06. The average Bonchev–Trinajstić information content (AvgIpc) is 2.49. The van der Waals surface area contributed by atoms with E-state index < -0.39 is 0 Å². The molecule has 66 valence electrons. The summed E-state index contributed by atoms with van der Waals surface area (Å²) in [6.07, 6.45) is 3.76. The fourth-order valence-electron chi connectivity index (χ4n) is 0.845. The maximum absolute atomic E-state index is 4.26. The summed E-state index contributed by atoms with van der Waals surface area (Å²) in [4.78, 5) is 9.44. The van der Waals surface area contributed by atoms with Crippen molar-refractivity contribution in [2.75, 3.05) is 27.2 Å². The second-order valence-electron chi connectivity index (χ2n) is 2.96. The Morgan fingerprint density at radius 2 is 2.42 bits per heavy atom. The van der Waals surface area contributed by atoms with E-state index in [1.54, 1.807) is 0 Å². The molecular weight excluding hydrogens is 150 g/mol. The molecule has 3 nitrogen and oxygen atoms in total. The molecule has 1 heterocycles. The molecule has 3 heteroatoms. The molecule has 0 aliphatic heterocycles. The van der Waals surface area contributed by atoms with E-state index in [1.807, 2.05) is 38.6 Å². The van der Waals surface area contributed by atoms with Gasteiger partial charge in [-0.1, -0.05) is 0 Å². The Kier molecular flexibility index (Phi) is 3.54. The predicted molar refractivity (Wildman–Crippen MR) is 51.8 cm³/mol. The summed E-state index contributed by atoms with van der Waals surface area (Å²) in [5.74, 6) is 0. The van der Waals surface area contributed by atoms with Crippen molar-refractivity contribution in [2.45, 2.75) is 0 Å². The SMILES string of the molecule is CN(C)CCN=Cc1ccc[nH]1. The lowest BCUT2D eigenvalue weighted by molar-refractivity contribution is 0.421. The van der Waals surface area contributed by atoms with E-state index in [2.05, 4.69) is 14.9 Å². The third-order valence-corrected chi connectivity index (χ3v) is 1.53. The highest BCUT2D eigenvalue weighted by Crippen LogP contribution is 1.88. The van der Waals surface area contributed by atoms with Gasteiger partial charge in [-0.3, -0.25) is 4.99 Å². The van der Waals surface area contributed by atoms with Crippen LogP contribution < -0.4 is 0 Å². The third kappa shape index (κ3) is 3.34. The van der Waals surface area contributed by atoms with Gasteiger partial charge in [0.1, 0.15) is 0 Å². The molecule has 0 saturated carbocycles. The molecule has 0 bridgehead atoms. The van der Waals surface area contributed by atoms with Gasteiger partial charge in [0.05, 0.1) is 12.2 Å². The molecule has 0 aliphatic carbocycles. The van der Waals surface area contributed by atoms with Crippen LogP contribution in [0.4, 0.5) is 0 Å². The summed E-state index contributed by atoms with van der Waals surface area (Å²) in [6, 6.07) is 3.96. The molecule has 1 aromatic rings. The van der Waals surface area contributed by atoms with Crippen LogP contribution in [0, 0.1) is 0 Å². The van der Waals surface area contributed by atoms with Crippen LogP contribution in [0.1, 0.15) is 5.69 Å². The monoisotopic (exact) mass is 165 g/mol. The molecule has 0 aromatic carbocycles. The molecule has 1 N–H and O–H groups in total. The molecule has 0 aliphatic rings. The van der Waals surface area contributed by atoms with Crippen molar-refractivity contribution in [2.24, 2.45) is 4.99 Å². The fraction of sp³-hybridized carbons (Fsp3) is 0.444. The Bertz CT molecular complexity index is 224. The largest absolute Gasteiger partial charge is 0.360 e. The summed E-state index contributed by atoms with van der Waals surface area (Å²) in [6.45, 7) is 1.85.